The Morgan fingerprint density at radius 1 is 1.35 bits per heavy atom. The van der Waals surface area contributed by atoms with E-state index in [1.165, 1.54) is 12.6 Å². The highest BCUT2D eigenvalue weighted by Gasteiger charge is 2.23. The number of nitrogens with one attached hydrogen (secondary N) is 2. The molecule has 23 heavy (non-hydrogen) atoms. The van der Waals surface area contributed by atoms with Crippen LogP contribution >= 0.6 is 0 Å². The molecule has 0 unspecified atom stereocenters. The zero-order valence-electron chi connectivity index (χ0n) is 13.8. The Balaban J connectivity index is 1.88. The molecule has 1 saturated heterocycles. The molecule has 1 aromatic carbocycles. The molecule has 1 heterocycles. The Morgan fingerprint density at radius 2 is 2.13 bits per heavy atom. The molecule has 0 aliphatic carbocycles. The Kier molecular flexibility index (Phi) is 6.40. The van der Waals surface area contributed by atoms with E-state index in [9.17, 15) is 9.59 Å². The number of amides is 3. The van der Waals surface area contributed by atoms with Crippen LogP contribution in [0, 0.1) is 5.92 Å². The highest BCUT2D eigenvalue weighted by Crippen LogP contribution is 2.25. The van der Waals surface area contributed by atoms with Crippen molar-refractivity contribution in [1.82, 2.24) is 15.5 Å². The number of carbonyl (C=O) groups excluding carboxylic acids is 2. The molecule has 126 valence electrons. The average Bonchev–Trinajstić information content (AvgIpc) is 2.55. The molecule has 0 aromatic heterocycles. The van der Waals surface area contributed by atoms with E-state index in [1.54, 1.807) is 7.11 Å². The predicted octanol–water partition coefficient (Wildman–Crippen LogP) is 1.41. The number of benzene rings is 1. The monoisotopic (exact) mass is 319 g/mol. The number of piperidine rings is 1. The summed E-state index contributed by atoms with van der Waals surface area (Å²) in [4.78, 5) is 25.1. The van der Waals surface area contributed by atoms with Gasteiger partial charge in [0.2, 0.25) is 5.91 Å². The standard InChI is InChI=1S/C17H25N3O3/c1-18-17(22)19-16(21)12-20-9-5-6-13(11-20)10-14-7-3-4-8-15(14)23-2/h3-4,7-8,13H,5-6,9-12H2,1-2H3,(H2,18,19,21,22)/t13-/m0/s1. The predicted molar refractivity (Wildman–Crippen MR) is 88.5 cm³/mol. The Morgan fingerprint density at radius 3 is 2.87 bits per heavy atom. The summed E-state index contributed by atoms with van der Waals surface area (Å²) in [6, 6.07) is 7.61. The van der Waals surface area contributed by atoms with Gasteiger partial charge >= 0.3 is 6.03 Å². The number of nitrogens with zero attached hydrogens (tertiary/aromatic N) is 1. The van der Waals surface area contributed by atoms with Crippen molar-refractivity contribution in [2.24, 2.45) is 5.92 Å². The maximum atomic E-state index is 11.8. The normalized spacial score (nSPS) is 18.3. The molecule has 2 N–H and O–H groups in total. The third kappa shape index (κ3) is 5.25. The minimum Gasteiger partial charge on any atom is -0.496 e. The molecular weight excluding hydrogens is 294 g/mol. The number of para-hydroxylation sites is 1. The van der Waals surface area contributed by atoms with Gasteiger partial charge in [-0.3, -0.25) is 15.0 Å². The lowest BCUT2D eigenvalue weighted by atomic mass is 9.91. The SMILES string of the molecule is CNC(=O)NC(=O)CN1CCC[C@@H](Cc2ccccc2OC)C1. The van der Waals surface area contributed by atoms with Gasteiger partial charge in [-0.1, -0.05) is 18.2 Å². The third-order valence-electron chi connectivity index (χ3n) is 4.15. The lowest BCUT2D eigenvalue weighted by Gasteiger charge is -2.32. The number of hydrogen-bond acceptors (Lipinski definition) is 4. The first-order chi connectivity index (χ1) is 11.1. The molecule has 1 aliphatic heterocycles. The number of imide groups is 1. The van der Waals surface area contributed by atoms with Crippen molar-refractivity contribution in [1.29, 1.82) is 0 Å². The molecule has 6 heteroatoms. The zero-order chi connectivity index (χ0) is 16.7. The van der Waals surface area contributed by atoms with Crippen LogP contribution in [0.15, 0.2) is 24.3 Å². The minimum atomic E-state index is -0.461. The van der Waals surface area contributed by atoms with Crippen molar-refractivity contribution < 1.29 is 14.3 Å². The molecule has 0 bridgehead atoms. The number of likely N-dealkylation sites (tertiary alicyclic amines) is 1. The van der Waals surface area contributed by atoms with Crippen molar-refractivity contribution in [3.63, 3.8) is 0 Å². The van der Waals surface area contributed by atoms with Gasteiger partial charge in [-0.15, -0.1) is 0 Å². The van der Waals surface area contributed by atoms with Crippen molar-refractivity contribution >= 4 is 11.9 Å². The molecule has 6 nitrogen and oxygen atoms in total. The van der Waals surface area contributed by atoms with E-state index < -0.39 is 6.03 Å². The van der Waals surface area contributed by atoms with Crippen LogP contribution in [0.5, 0.6) is 5.75 Å². The van der Waals surface area contributed by atoms with Crippen LogP contribution < -0.4 is 15.4 Å². The largest absolute Gasteiger partial charge is 0.496 e. The molecule has 1 fully saturated rings. The highest BCUT2D eigenvalue weighted by atomic mass is 16.5. The first-order valence-corrected chi connectivity index (χ1v) is 7.98. The second-order valence-electron chi connectivity index (χ2n) is 5.89. The summed E-state index contributed by atoms with van der Waals surface area (Å²) < 4.78 is 5.41. The minimum absolute atomic E-state index is 0.260. The summed E-state index contributed by atoms with van der Waals surface area (Å²) in [5.74, 6) is 1.15. The molecule has 3 amide bonds. The van der Waals surface area contributed by atoms with Gasteiger partial charge in [0.1, 0.15) is 5.75 Å². The number of ether oxygens (including phenoxy) is 1. The van der Waals surface area contributed by atoms with Crippen LogP contribution in [0.4, 0.5) is 4.79 Å². The Bertz CT molecular complexity index is 548. The van der Waals surface area contributed by atoms with Crippen LogP contribution in [0.25, 0.3) is 0 Å². The van der Waals surface area contributed by atoms with E-state index in [0.717, 1.165) is 38.1 Å². The lowest BCUT2D eigenvalue weighted by molar-refractivity contribution is -0.121. The number of urea groups is 1. The molecule has 2 rings (SSSR count). The topological polar surface area (TPSA) is 70.7 Å². The fourth-order valence-electron chi connectivity index (χ4n) is 3.08. The smallest absolute Gasteiger partial charge is 0.321 e. The van der Waals surface area contributed by atoms with Gasteiger partial charge in [-0.25, -0.2) is 4.79 Å². The summed E-state index contributed by atoms with van der Waals surface area (Å²) in [7, 11) is 3.18. The second-order valence-corrected chi connectivity index (χ2v) is 5.89. The number of hydrogen-bond donors (Lipinski definition) is 2. The summed E-state index contributed by atoms with van der Waals surface area (Å²) in [5.41, 5.74) is 1.21. The Labute approximate surface area is 137 Å². The number of rotatable bonds is 5. The fraction of sp³-hybridized carbons (Fsp3) is 0.529. The zero-order valence-corrected chi connectivity index (χ0v) is 13.8. The second kappa shape index (κ2) is 8.53. The first-order valence-electron chi connectivity index (χ1n) is 7.98. The summed E-state index contributed by atoms with van der Waals surface area (Å²) >= 11 is 0. The van der Waals surface area contributed by atoms with Crippen LogP contribution in [0.2, 0.25) is 0 Å². The van der Waals surface area contributed by atoms with E-state index in [4.69, 9.17) is 4.74 Å². The van der Waals surface area contributed by atoms with E-state index in [-0.39, 0.29) is 12.5 Å². The highest BCUT2D eigenvalue weighted by molar-refractivity contribution is 5.95. The van der Waals surface area contributed by atoms with Crippen molar-refractivity contribution in [2.45, 2.75) is 19.3 Å². The van der Waals surface area contributed by atoms with Gasteiger partial charge in [0.05, 0.1) is 13.7 Å². The van der Waals surface area contributed by atoms with E-state index in [1.807, 2.05) is 18.2 Å². The van der Waals surface area contributed by atoms with Crippen LogP contribution in [-0.2, 0) is 11.2 Å². The van der Waals surface area contributed by atoms with Crippen molar-refractivity contribution in [3.8, 4) is 5.75 Å². The summed E-state index contributed by atoms with van der Waals surface area (Å²) in [6.07, 6.45) is 3.15. The average molecular weight is 319 g/mol. The number of carbonyl (C=O) groups is 2. The lowest BCUT2D eigenvalue weighted by Crippen LogP contribution is -2.46. The van der Waals surface area contributed by atoms with Gasteiger partial charge in [0.25, 0.3) is 0 Å². The maximum Gasteiger partial charge on any atom is 0.321 e. The van der Waals surface area contributed by atoms with Crippen LogP contribution in [-0.4, -0.2) is 50.6 Å². The molecule has 0 saturated carbocycles. The van der Waals surface area contributed by atoms with Crippen molar-refractivity contribution in [2.75, 3.05) is 33.8 Å². The van der Waals surface area contributed by atoms with Crippen molar-refractivity contribution in [3.05, 3.63) is 29.8 Å². The van der Waals surface area contributed by atoms with Crippen LogP contribution in [0.3, 0.4) is 0 Å². The van der Waals surface area contributed by atoms with Gasteiger partial charge in [-0.05, 0) is 43.4 Å². The maximum absolute atomic E-state index is 11.8. The molecule has 1 aliphatic rings. The van der Waals surface area contributed by atoms with Gasteiger partial charge in [-0.2, -0.15) is 0 Å². The first kappa shape index (κ1) is 17.3. The molecule has 0 spiro atoms. The molecule has 1 atom stereocenters. The molecular formula is C17H25N3O3. The van der Waals surface area contributed by atoms with Gasteiger partial charge in [0, 0.05) is 13.6 Å². The third-order valence-corrected chi connectivity index (χ3v) is 4.15. The molecule has 0 radical (unpaired) electrons. The summed E-state index contributed by atoms with van der Waals surface area (Å²) in [6.45, 7) is 2.01. The van der Waals surface area contributed by atoms with Crippen LogP contribution in [0.1, 0.15) is 18.4 Å². The summed E-state index contributed by atoms with van der Waals surface area (Å²) in [5, 5.41) is 4.69. The van der Waals surface area contributed by atoms with Gasteiger partial charge < -0.3 is 10.1 Å². The quantitative estimate of drug-likeness (QED) is 0.861. The van der Waals surface area contributed by atoms with E-state index in [0.29, 0.717) is 5.92 Å². The molecule has 1 aromatic rings. The Hall–Kier alpha value is -2.08. The van der Waals surface area contributed by atoms with E-state index in [2.05, 4.69) is 21.6 Å². The fourth-order valence-corrected chi connectivity index (χ4v) is 3.08. The van der Waals surface area contributed by atoms with E-state index >= 15 is 0 Å². The van der Waals surface area contributed by atoms with Gasteiger partial charge in [0.15, 0.2) is 0 Å². The number of methoxy groups -OCH3 is 1.